The molecule has 0 aromatic carbocycles. The van der Waals surface area contributed by atoms with Gasteiger partial charge in [-0.1, -0.05) is 19.3 Å². The highest BCUT2D eigenvalue weighted by Gasteiger charge is 2.38. The van der Waals surface area contributed by atoms with Crippen LogP contribution in [0.2, 0.25) is 0 Å². The van der Waals surface area contributed by atoms with Crippen molar-refractivity contribution in [1.29, 1.82) is 0 Å². The van der Waals surface area contributed by atoms with Crippen molar-refractivity contribution in [3.63, 3.8) is 0 Å². The van der Waals surface area contributed by atoms with Gasteiger partial charge in [0.1, 0.15) is 0 Å². The van der Waals surface area contributed by atoms with E-state index >= 15 is 0 Å². The molecule has 0 aromatic heterocycles. The van der Waals surface area contributed by atoms with E-state index in [4.69, 9.17) is 0 Å². The van der Waals surface area contributed by atoms with E-state index in [1.807, 2.05) is 0 Å². The summed E-state index contributed by atoms with van der Waals surface area (Å²) in [6.07, 6.45) is 14.7. The second kappa shape index (κ2) is 5.50. The molecule has 3 rings (SSSR count). The SMILES string of the molecule is CNC1CCCC(N2CCC3(CCCC3)CC2)C1. The molecule has 18 heavy (non-hydrogen) atoms. The van der Waals surface area contributed by atoms with Crippen molar-refractivity contribution in [2.75, 3.05) is 20.1 Å². The molecule has 2 aliphatic carbocycles. The van der Waals surface area contributed by atoms with Crippen molar-refractivity contribution in [2.45, 2.75) is 76.3 Å². The maximum atomic E-state index is 3.49. The van der Waals surface area contributed by atoms with Crippen molar-refractivity contribution >= 4 is 0 Å². The molecule has 2 atom stereocenters. The molecule has 0 radical (unpaired) electrons. The van der Waals surface area contributed by atoms with Crippen LogP contribution in [0.1, 0.15) is 64.2 Å². The number of hydrogen-bond donors (Lipinski definition) is 1. The number of likely N-dealkylation sites (tertiary alicyclic amines) is 1. The largest absolute Gasteiger partial charge is 0.317 e. The maximum Gasteiger partial charge on any atom is 0.0110 e. The Morgan fingerprint density at radius 2 is 1.67 bits per heavy atom. The first kappa shape index (κ1) is 12.9. The maximum absolute atomic E-state index is 3.49. The highest BCUT2D eigenvalue weighted by Crippen LogP contribution is 2.46. The van der Waals surface area contributed by atoms with E-state index in [0.29, 0.717) is 0 Å². The fourth-order valence-corrected chi connectivity index (χ4v) is 4.75. The van der Waals surface area contributed by atoms with Gasteiger partial charge in [0, 0.05) is 12.1 Å². The number of nitrogens with zero attached hydrogens (tertiary/aromatic N) is 1. The lowest BCUT2D eigenvalue weighted by molar-refractivity contribution is 0.0561. The summed E-state index contributed by atoms with van der Waals surface area (Å²) in [6.45, 7) is 2.78. The second-order valence-corrected chi connectivity index (χ2v) is 7.05. The van der Waals surface area contributed by atoms with Crippen LogP contribution >= 0.6 is 0 Å². The van der Waals surface area contributed by atoms with E-state index in [0.717, 1.165) is 17.5 Å². The lowest BCUT2D eigenvalue weighted by Crippen LogP contribution is -2.48. The van der Waals surface area contributed by atoms with Gasteiger partial charge in [-0.2, -0.15) is 0 Å². The lowest BCUT2D eigenvalue weighted by Gasteiger charge is -2.45. The summed E-state index contributed by atoms with van der Waals surface area (Å²) in [6, 6.07) is 1.67. The minimum Gasteiger partial charge on any atom is -0.317 e. The van der Waals surface area contributed by atoms with Crippen LogP contribution in [-0.4, -0.2) is 37.1 Å². The summed E-state index contributed by atoms with van der Waals surface area (Å²) < 4.78 is 0. The molecule has 0 amide bonds. The number of piperidine rings is 1. The van der Waals surface area contributed by atoms with Gasteiger partial charge in [-0.25, -0.2) is 0 Å². The van der Waals surface area contributed by atoms with Gasteiger partial charge in [-0.15, -0.1) is 0 Å². The van der Waals surface area contributed by atoms with Crippen molar-refractivity contribution < 1.29 is 0 Å². The standard InChI is InChI=1S/C16H30N2/c1-17-14-5-4-6-15(13-14)18-11-9-16(10-12-18)7-2-3-8-16/h14-15,17H,2-13H2,1H3. The number of hydrogen-bond acceptors (Lipinski definition) is 2. The first-order valence-electron chi connectivity index (χ1n) is 8.23. The van der Waals surface area contributed by atoms with Crippen LogP contribution in [0.25, 0.3) is 0 Å². The van der Waals surface area contributed by atoms with Gasteiger partial charge in [0.05, 0.1) is 0 Å². The first-order valence-corrected chi connectivity index (χ1v) is 8.23. The molecule has 2 saturated carbocycles. The van der Waals surface area contributed by atoms with Crippen molar-refractivity contribution in [1.82, 2.24) is 10.2 Å². The Hall–Kier alpha value is -0.0800. The van der Waals surface area contributed by atoms with Crippen LogP contribution in [0, 0.1) is 5.41 Å². The molecule has 2 nitrogen and oxygen atoms in total. The van der Waals surface area contributed by atoms with Crippen LogP contribution in [0.3, 0.4) is 0 Å². The molecule has 1 aliphatic heterocycles. The Morgan fingerprint density at radius 1 is 0.944 bits per heavy atom. The normalized spacial score (nSPS) is 37.2. The topological polar surface area (TPSA) is 15.3 Å². The highest BCUT2D eigenvalue weighted by molar-refractivity contribution is 4.92. The summed E-state index contributed by atoms with van der Waals surface area (Å²) >= 11 is 0. The van der Waals surface area contributed by atoms with E-state index in [2.05, 4.69) is 17.3 Å². The quantitative estimate of drug-likeness (QED) is 0.810. The predicted molar refractivity (Wildman–Crippen MR) is 76.8 cm³/mol. The number of rotatable bonds is 2. The molecule has 0 bridgehead atoms. The van der Waals surface area contributed by atoms with Gasteiger partial charge in [0.2, 0.25) is 0 Å². The zero-order valence-electron chi connectivity index (χ0n) is 12.1. The highest BCUT2D eigenvalue weighted by atomic mass is 15.2. The molecule has 1 N–H and O–H groups in total. The molecule has 0 aromatic rings. The minimum atomic E-state index is 0.783. The molecule has 1 saturated heterocycles. The number of nitrogens with one attached hydrogen (secondary N) is 1. The zero-order chi connectivity index (χ0) is 12.4. The molecule has 2 unspecified atom stereocenters. The Kier molecular flexibility index (Phi) is 3.95. The summed E-state index contributed by atoms with van der Waals surface area (Å²) in [4.78, 5) is 2.83. The Bertz CT molecular complexity index is 260. The minimum absolute atomic E-state index is 0.783. The van der Waals surface area contributed by atoms with Gasteiger partial charge in [0.15, 0.2) is 0 Å². The molecule has 3 aliphatic rings. The van der Waals surface area contributed by atoms with Crippen LogP contribution in [0.5, 0.6) is 0 Å². The molecule has 1 heterocycles. The van der Waals surface area contributed by atoms with Gasteiger partial charge >= 0.3 is 0 Å². The van der Waals surface area contributed by atoms with Gasteiger partial charge in [-0.05, 0) is 70.5 Å². The average Bonchev–Trinajstić information content (AvgIpc) is 2.88. The van der Waals surface area contributed by atoms with E-state index in [1.54, 1.807) is 0 Å². The lowest BCUT2D eigenvalue weighted by atomic mass is 9.76. The van der Waals surface area contributed by atoms with Crippen molar-refractivity contribution in [3.8, 4) is 0 Å². The smallest absolute Gasteiger partial charge is 0.0110 e. The summed E-state index contributed by atoms with van der Waals surface area (Å²) in [5.74, 6) is 0. The zero-order valence-corrected chi connectivity index (χ0v) is 12.1. The summed E-state index contributed by atoms with van der Waals surface area (Å²) in [5, 5.41) is 3.49. The summed E-state index contributed by atoms with van der Waals surface area (Å²) in [7, 11) is 2.14. The van der Waals surface area contributed by atoms with E-state index in [-0.39, 0.29) is 0 Å². The fourth-order valence-electron chi connectivity index (χ4n) is 4.75. The average molecular weight is 250 g/mol. The van der Waals surface area contributed by atoms with Crippen LogP contribution in [0.15, 0.2) is 0 Å². The van der Waals surface area contributed by atoms with Crippen molar-refractivity contribution in [3.05, 3.63) is 0 Å². The third-order valence-corrected chi connectivity index (χ3v) is 6.09. The molecule has 2 heteroatoms. The molecule has 1 spiro atoms. The third kappa shape index (κ3) is 2.60. The predicted octanol–water partition coefficient (Wildman–Crippen LogP) is 3.17. The van der Waals surface area contributed by atoms with Crippen LogP contribution < -0.4 is 5.32 Å². The summed E-state index contributed by atoms with van der Waals surface area (Å²) in [5.41, 5.74) is 0.785. The fraction of sp³-hybridized carbons (Fsp3) is 1.00. The Morgan fingerprint density at radius 3 is 2.33 bits per heavy atom. The van der Waals surface area contributed by atoms with Crippen molar-refractivity contribution in [2.24, 2.45) is 5.41 Å². The van der Waals surface area contributed by atoms with Gasteiger partial charge < -0.3 is 10.2 Å². The van der Waals surface area contributed by atoms with Crippen LogP contribution in [-0.2, 0) is 0 Å². The van der Waals surface area contributed by atoms with E-state index in [1.165, 1.54) is 77.3 Å². The Labute approximate surface area is 113 Å². The van der Waals surface area contributed by atoms with Gasteiger partial charge in [-0.3, -0.25) is 0 Å². The third-order valence-electron chi connectivity index (χ3n) is 6.09. The van der Waals surface area contributed by atoms with E-state index in [9.17, 15) is 0 Å². The van der Waals surface area contributed by atoms with E-state index < -0.39 is 0 Å². The first-order chi connectivity index (χ1) is 8.81. The molecule has 104 valence electrons. The van der Waals surface area contributed by atoms with Gasteiger partial charge in [0.25, 0.3) is 0 Å². The van der Waals surface area contributed by atoms with Crippen LogP contribution in [0.4, 0.5) is 0 Å². The monoisotopic (exact) mass is 250 g/mol. The second-order valence-electron chi connectivity index (χ2n) is 7.05. The molecule has 3 fully saturated rings. The molecular formula is C16H30N2. The molecular weight excluding hydrogens is 220 g/mol. The Balaban J connectivity index is 1.52.